The molecule has 1 aliphatic heterocycles. The lowest BCUT2D eigenvalue weighted by molar-refractivity contribution is -0.274. The number of amides is 1. The zero-order chi connectivity index (χ0) is 17.0. The Morgan fingerprint density at radius 3 is 2.17 bits per heavy atom. The predicted molar refractivity (Wildman–Crippen MR) is 73.8 cm³/mol. The lowest BCUT2D eigenvalue weighted by Gasteiger charge is -2.30. The molecular formula is C15H16F3NO4. The first kappa shape index (κ1) is 17.1. The Kier molecular flexibility index (Phi) is 5.12. The Balaban J connectivity index is 1.95. The van der Waals surface area contributed by atoms with E-state index in [9.17, 15) is 22.8 Å². The summed E-state index contributed by atoms with van der Waals surface area (Å²) in [6.45, 7) is 0.804. The van der Waals surface area contributed by atoms with E-state index in [2.05, 4.69) is 9.47 Å². The van der Waals surface area contributed by atoms with Crippen molar-refractivity contribution >= 4 is 11.9 Å². The second kappa shape index (κ2) is 6.89. The molecule has 2 rings (SSSR count). The molecule has 5 nitrogen and oxygen atoms in total. The van der Waals surface area contributed by atoms with Crippen molar-refractivity contribution in [3.05, 3.63) is 29.8 Å². The van der Waals surface area contributed by atoms with Gasteiger partial charge in [0.1, 0.15) is 5.75 Å². The average molecular weight is 331 g/mol. The van der Waals surface area contributed by atoms with E-state index < -0.39 is 6.36 Å². The standard InChI is InChI=1S/C15H16F3NO4/c1-22-14(21)11-6-8-19(9-7-11)13(20)10-2-4-12(5-3-10)23-15(16,17)18/h2-5,11H,6-9H2,1H3. The molecule has 0 aromatic heterocycles. The molecule has 0 saturated carbocycles. The highest BCUT2D eigenvalue weighted by Crippen LogP contribution is 2.24. The van der Waals surface area contributed by atoms with Crippen LogP contribution in [-0.2, 0) is 9.53 Å². The van der Waals surface area contributed by atoms with E-state index in [1.807, 2.05) is 0 Å². The number of likely N-dealkylation sites (tertiary alicyclic amines) is 1. The smallest absolute Gasteiger partial charge is 0.469 e. The fraction of sp³-hybridized carbons (Fsp3) is 0.467. The van der Waals surface area contributed by atoms with Gasteiger partial charge < -0.3 is 14.4 Å². The van der Waals surface area contributed by atoms with Crippen LogP contribution in [0.4, 0.5) is 13.2 Å². The van der Waals surface area contributed by atoms with Gasteiger partial charge in [-0.25, -0.2) is 0 Å². The first-order valence-corrected chi connectivity index (χ1v) is 7.03. The summed E-state index contributed by atoms with van der Waals surface area (Å²) in [6.07, 6.45) is -3.75. The number of hydrogen-bond acceptors (Lipinski definition) is 4. The van der Waals surface area contributed by atoms with Crippen LogP contribution < -0.4 is 4.74 Å². The number of carbonyl (C=O) groups excluding carboxylic acids is 2. The minimum Gasteiger partial charge on any atom is -0.469 e. The fourth-order valence-corrected chi connectivity index (χ4v) is 2.47. The van der Waals surface area contributed by atoms with Gasteiger partial charge in [-0.1, -0.05) is 0 Å². The van der Waals surface area contributed by atoms with Crippen LogP contribution in [0.3, 0.4) is 0 Å². The third kappa shape index (κ3) is 4.61. The van der Waals surface area contributed by atoms with E-state index in [1.54, 1.807) is 4.90 Å². The molecule has 1 saturated heterocycles. The third-order valence-electron chi connectivity index (χ3n) is 3.65. The molecule has 126 valence electrons. The SMILES string of the molecule is COC(=O)C1CCN(C(=O)c2ccc(OC(F)(F)F)cc2)CC1. The number of methoxy groups -OCH3 is 1. The monoisotopic (exact) mass is 331 g/mol. The molecule has 0 aliphatic carbocycles. The predicted octanol–water partition coefficient (Wildman–Crippen LogP) is 2.61. The first-order valence-electron chi connectivity index (χ1n) is 7.03. The van der Waals surface area contributed by atoms with Crippen molar-refractivity contribution in [3.8, 4) is 5.75 Å². The summed E-state index contributed by atoms with van der Waals surface area (Å²) in [5, 5.41) is 0. The maximum absolute atomic E-state index is 12.3. The van der Waals surface area contributed by atoms with E-state index in [0.717, 1.165) is 12.1 Å². The number of ether oxygens (including phenoxy) is 2. The van der Waals surface area contributed by atoms with Gasteiger partial charge in [0.05, 0.1) is 13.0 Å². The van der Waals surface area contributed by atoms with Gasteiger partial charge in [0, 0.05) is 18.7 Å². The second-order valence-corrected chi connectivity index (χ2v) is 5.16. The molecule has 1 amide bonds. The first-order chi connectivity index (χ1) is 10.8. The van der Waals surface area contributed by atoms with Gasteiger partial charge in [-0.05, 0) is 37.1 Å². The number of esters is 1. The summed E-state index contributed by atoms with van der Waals surface area (Å²) in [4.78, 5) is 25.3. The summed E-state index contributed by atoms with van der Waals surface area (Å²) < 4.78 is 44.7. The van der Waals surface area contributed by atoms with Gasteiger partial charge in [0.15, 0.2) is 0 Å². The number of rotatable bonds is 3. The van der Waals surface area contributed by atoms with Gasteiger partial charge in [-0.3, -0.25) is 9.59 Å². The lowest BCUT2D eigenvalue weighted by Crippen LogP contribution is -2.40. The molecule has 1 aliphatic rings. The van der Waals surface area contributed by atoms with Crippen molar-refractivity contribution in [2.75, 3.05) is 20.2 Å². The number of hydrogen-bond donors (Lipinski definition) is 0. The molecule has 0 atom stereocenters. The molecule has 1 aromatic carbocycles. The zero-order valence-corrected chi connectivity index (χ0v) is 12.4. The Morgan fingerprint density at radius 2 is 1.70 bits per heavy atom. The Bertz CT molecular complexity index is 563. The number of nitrogens with zero attached hydrogens (tertiary/aromatic N) is 1. The molecule has 0 spiro atoms. The van der Waals surface area contributed by atoms with Gasteiger partial charge in [-0.2, -0.15) is 0 Å². The minimum absolute atomic E-state index is 0.216. The number of benzene rings is 1. The summed E-state index contributed by atoms with van der Waals surface area (Å²) in [5.41, 5.74) is 0.274. The average Bonchev–Trinajstić information content (AvgIpc) is 2.53. The topological polar surface area (TPSA) is 55.8 Å². The van der Waals surface area contributed by atoms with E-state index in [4.69, 9.17) is 0 Å². The zero-order valence-electron chi connectivity index (χ0n) is 12.4. The van der Waals surface area contributed by atoms with Crippen molar-refractivity contribution < 1.29 is 32.2 Å². The molecule has 0 unspecified atom stereocenters. The molecule has 0 bridgehead atoms. The van der Waals surface area contributed by atoms with Gasteiger partial charge in [0.2, 0.25) is 0 Å². The molecule has 23 heavy (non-hydrogen) atoms. The van der Waals surface area contributed by atoms with Crippen LogP contribution in [0.25, 0.3) is 0 Å². The highest BCUT2D eigenvalue weighted by atomic mass is 19.4. The summed E-state index contributed by atoms with van der Waals surface area (Å²) in [6, 6.07) is 4.77. The van der Waals surface area contributed by atoms with Crippen LogP contribution in [0.2, 0.25) is 0 Å². The molecule has 1 fully saturated rings. The van der Waals surface area contributed by atoms with Crippen LogP contribution in [-0.4, -0.2) is 43.3 Å². The van der Waals surface area contributed by atoms with Crippen molar-refractivity contribution in [3.63, 3.8) is 0 Å². The highest BCUT2D eigenvalue weighted by Gasteiger charge is 2.31. The maximum atomic E-state index is 12.3. The molecular weight excluding hydrogens is 315 g/mol. The number of piperidine rings is 1. The maximum Gasteiger partial charge on any atom is 0.573 e. The van der Waals surface area contributed by atoms with Crippen LogP contribution >= 0.6 is 0 Å². The summed E-state index contributed by atoms with van der Waals surface area (Å²) in [5.74, 6) is -1.16. The third-order valence-corrected chi connectivity index (χ3v) is 3.65. The van der Waals surface area contributed by atoms with E-state index >= 15 is 0 Å². The second-order valence-electron chi connectivity index (χ2n) is 5.16. The molecule has 0 N–H and O–H groups in total. The molecule has 1 aromatic rings. The Hall–Kier alpha value is -2.25. The summed E-state index contributed by atoms with van der Waals surface area (Å²) >= 11 is 0. The van der Waals surface area contributed by atoms with Crippen LogP contribution in [0, 0.1) is 5.92 Å². The number of carbonyl (C=O) groups is 2. The molecule has 1 heterocycles. The van der Waals surface area contributed by atoms with Gasteiger partial charge in [0.25, 0.3) is 5.91 Å². The minimum atomic E-state index is -4.76. The van der Waals surface area contributed by atoms with E-state index in [-0.39, 0.29) is 29.1 Å². The molecule has 0 radical (unpaired) electrons. The van der Waals surface area contributed by atoms with Crippen molar-refractivity contribution in [2.45, 2.75) is 19.2 Å². The van der Waals surface area contributed by atoms with Crippen molar-refractivity contribution in [1.29, 1.82) is 0 Å². The Labute approximate surface area is 131 Å². The largest absolute Gasteiger partial charge is 0.573 e. The van der Waals surface area contributed by atoms with Gasteiger partial charge in [-0.15, -0.1) is 13.2 Å². The van der Waals surface area contributed by atoms with Crippen LogP contribution in [0.15, 0.2) is 24.3 Å². The quantitative estimate of drug-likeness (QED) is 0.799. The number of alkyl halides is 3. The van der Waals surface area contributed by atoms with Crippen LogP contribution in [0.5, 0.6) is 5.75 Å². The molecule has 8 heteroatoms. The van der Waals surface area contributed by atoms with Crippen LogP contribution in [0.1, 0.15) is 23.2 Å². The fourth-order valence-electron chi connectivity index (χ4n) is 2.47. The number of halogens is 3. The van der Waals surface area contributed by atoms with E-state index in [1.165, 1.54) is 19.2 Å². The van der Waals surface area contributed by atoms with E-state index in [0.29, 0.717) is 25.9 Å². The van der Waals surface area contributed by atoms with Crippen molar-refractivity contribution in [1.82, 2.24) is 4.90 Å². The highest BCUT2D eigenvalue weighted by molar-refractivity contribution is 5.94. The normalized spacial score (nSPS) is 16.1. The van der Waals surface area contributed by atoms with Gasteiger partial charge >= 0.3 is 12.3 Å². The lowest BCUT2D eigenvalue weighted by atomic mass is 9.96. The summed E-state index contributed by atoms with van der Waals surface area (Å²) in [7, 11) is 1.32. The Morgan fingerprint density at radius 1 is 1.13 bits per heavy atom. The van der Waals surface area contributed by atoms with Crippen molar-refractivity contribution in [2.24, 2.45) is 5.92 Å².